The predicted molar refractivity (Wildman–Crippen MR) is 81.0 cm³/mol. The maximum absolute atomic E-state index is 9.58. The molecule has 0 aliphatic heterocycles. The SMILES string of the molecule is Cc1cc(C(C)O)ccc1OCc1ncnn1CC(C)C. The molecule has 0 amide bonds. The van der Waals surface area contributed by atoms with Gasteiger partial charge in [0.15, 0.2) is 5.82 Å². The molecule has 21 heavy (non-hydrogen) atoms. The maximum atomic E-state index is 9.58. The molecule has 1 aromatic heterocycles. The van der Waals surface area contributed by atoms with Gasteiger partial charge in [-0.15, -0.1) is 0 Å². The second-order valence-corrected chi connectivity index (χ2v) is 5.74. The molecule has 1 heterocycles. The monoisotopic (exact) mass is 289 g/mol. The largest absolute Gasteiger partial charge is 0.485 e. The van der Waals surface area contributed by atoms with Crippen molar-refractivity contribution in [3.8, 4) is 5.75 Å². The van der Waals surface area contributed by atoms with E-state index in [0.717, 1.165) is 29.2 Å². The first kappa shape index (κ1) is 15.5. The summed E-state index contributed by atoms with van der Waals surface area (Å²) in [4.78, 5) is 4.25. The van der Waals surface area contributed by atoms with Crippen molar-refractivity contribution < 1.29 is 9.84 Å². The van der Waals surface area contributed by atoms with E-state index in [-0.39, 0.29) is 0 Å². The number of ether oxygens (including phenoxy) is 1. The van der Waals surface area contributed by atoms with Crippen molar-refractivity contribution in [2.45, 2.75) is 47.0 Å². The smallest absolute Gasteiger partial charge is 0.164 e. The third-order valence-corrected chi connectivity index (χ3v) is 3.27. The molecule has 0 aliphatic rings. The van der Waals surface area contributed by atoms with E-state index in [0.29, 0.717) is 12.5 Å². The molecule has 0 saturated heterocycles. The van der Waals surface area contributed by atoms with Gasteiger partial charge in [-0.05, 0) is 43.0 Å². The van der Waals surface area contributed by atoms with Crippen molar-refractivity contribution in [2.75, 3.05) is 0 Å². The summed E-state index contributed by atoms with van der Waals surface area (Å²) in [6, 6.07) is 5.71. The minimum atomic E-state index is -0.466. The fraction of sp³-hybridized carbons (Fsp3) is 0.500. The topological polar surface area (TPSA) is 60.2 Å². The molecular weight excluding hydrogens is 266 g/mol. The summed E-state index contributed by atoms with van der Waals surface area (Å²) in [5.41, 5.74) is 1.89. The van der Waals surface area contributed by atoms with Crippen LogP contribution in [-0.2, 0) is 13.2 Å². The third-order valence-electron chi connectivity index (χ3n) is 3.27. The lowest BCUT2D eigenvalue weighted by Gasteiger charge is -2.13. The quantitative estimate of drug-likeness (QED) is 0.888. The van der Waals surface area contributed by atoms with E-state index in [1.54, 1.807) is 13.3 Å². The molecule has 0 spiro atoms. The Balaban J connectivity index is 2.05. The van der Waals surface area contributed by atoms with Crippen LogP contribution in [-0.4, -0.2) is 19.9 Å². The minimum Gasteiger partial charge on any atom is -0.485 e. The lowest BCUT2D eigenvalue weighted by molar-refractivity contribution is 0.199. The Kier molecular flexibility index (Phi) is 4.96. The number of aliphatic hydroxyl groups is 1. The van der Waals surface area contributed by atoms with Gasteiger partial charge in [0, 0.05) is 6.54 Å². The highest BCUT2D eigenvalue weighted by atomic mass is 16.5. The molecule has 1 unspecified atom stereocenters. The Bertz CT molecular complexity index is 591. The Morgan fingerprint density at radius 1 is 1.29 bits per heavy atom. The zero-order valence-corrected chi connectivity index (χ0v) is 13.1. The molecule has 0 radical (unpaired) electrons. The lowest BCUT2D eigenvalue weighted by atomic mass is 10.1. The molecule has 5 heteroatoms. The van der Waals surface area contributed by atoms with Crippen LogP contribution in [0.4, 0.5) is 0 Å². The van der Waals surface area contributed by atoms with Crippen molar-refractivity contribution in [3.63, 3.8) is 0 Å². The summed E-state index contributed by atoms with van der Waals surface area (Å²) in [7, 11) is 0. The number of hydrogen-bond acceptors (Lipinski definition) is 4. The number of aromatic nitrogens is 3. The number of aryl methyl sites for hydroxylation is 1. The molecule has 0 fully saturated rings. The van der Waals surface area contributed by atoms with Gasteiger partial charge in [0.05, 0.1) is 6.10 Å². The van der Waals surface area contributed by atoms with Crippen LogP contribution in [0.2, 0.25) is 0 Å². The van der Waals surface area contributed by atoms with Gasteiger partial charge in [0.2, 0.25) is 0 Å². The van der Waals surface area contributed by atoms with Gasteiger partial charge >= 0.3 is 0 Å². The van der Waals surface area contributed by atoms with Gasteiger partial charge in [-0.25, -0.2) is 9.67 Å². The van der Waals surface area contributed by atoms with E-state index < -0.39 is 6.10 Å². The first-order chi connectivity index (χ1) is 9.97. The van der Waals surface area contributed by atoms with Crippen LogP contribution in [0.5, 0.6) is 5.75 Å². The van der Waals surface area contributed by atoms with E-state index in [4.69, 9.17) is 4.74 Å². The van der Waals surface area contributed by atoms with E-state index in [9.17, 15) is 5.11 Å². The van der Waals surface area contributed by atoms with Gasteiger partial charge in [-0.1, -0.05) is 19.9 Å². The number of rotatable bonds is 6. The molecule has 0 bridgehead atoms. The fourth-order valence-electron chi connectivity index (χ4n) is 2.13. The average Bonchev–Trinajstić information content (AvgIpc) is 2.83. The highest BCUT2D eigenvalue weighted by Crippen LogP contribution is 2.23. The van der Waals surface area contributed by atoms with Crippen LogP contribution in [0.1, 0.15) is 43.8 Å². The summed E-state index contributed by atoms with van der Waals surface area (Å²) >= 11 is 0. The second kappa shape index (κ2) is 6.72. The molecular formula is C16H23N3O2. The van der Waals surface area contributed by atoms with E-state index in [1.807, 2.05) is 29.8 Å². The van der Waals surface area contributed by atoms with Crippen molar-refractivity contribution in [2.24, 2.45) is 5.92 Å². The highest BCUT2D eigenvalue weighted by Gasteiger charge is 2.09. The molecule has 1 N–H and O–H groups in total. The number of hydrogen-bond donors (Lipinski definition) is 1. The summed E-state index contributed by atoms with van der Waals surface area (Å²) in [6.45, 7) is 9.24. The number of nitrogens with zero attached hydrogens (tertiary/aromatic N) is 3. The Morgan fingerprint density at radius 3 is 2.67 bits per heavy atom. The molecule has 0 aliphatic carbocycles. The van der Waals surface area contributed by atoms with E-state index in [2.05, 4.69) is 23.9 Å². The van der Waals surface area contributed by atoms with Crippen LogP contribution >= 0.6 is 0 Å². The summed E-state index contributed by atoms with van der Waals surface area (Å²) in [6.07, 6.45) is 1.09. The van der Waals surface area contributed by atoms with E-state index >= 15 is 0 Å². The second-order valence-electron chi connectivity index (χ2n) is 5.74. The molecule has 1 aromatic carbocycles. The van der Waals surface area contributed by atoms with Crippen LogP contribution in [0, 0.1) is 12.8 Å². The number of aliphatic hydroxyl groups excluding tert-OH is 1. The van der Waals surface area contributed by atoms with Crippen LogP contribution < -0.4 is 4.74 Å². The summed E-state index contributed by atoms with van der Waals surface area (Å²) in [5, 5.41) is 13.8. The highest BCUT2D eigenvalue weighted by molar-refractivity contribution is 5.36. The Labute approximate surface area is 125 Å². The minimum absolute atomic E-state index is 0.390. The lowest BCUT2D eigenvalue weighted by Crippen LogP contribution is -2.12. The molecule has 2 aromatic rings. The van der Waals surface area contributed by atoms with Crippen molar-refractivity contribution in [1.82, 2.24) is 14.8 Å². The normalized spacial score (nSPS) is 12.7. The van der Waals surface area contributed by atoms with E-state index in [1.165, 1.54) is 0 Å². The molecule has 1 atom stereocenters. The molecule has 114 valence electrons. The first-order valence-corrected chi connectivity index (χ1v) is 7.25. The Hall–Kier alpha value is -1.88. The first-order valence-electron chi connectivity index (χ1n) is 7.25. The van der Waals surface area contributed by atoms with Gasteiger partial charge in [-0.2, -0.15) is 5.10 Å². The summed E-state index contributed by atoms with van der Waals surface area (Å²) < 4.78 is 7.71. The standard InChI is InChI=1S/C16H23N3O2/c1-11(2)8-19-16(17-10-18-19)9-21-15-6-5-14(13(4)20)7-12(15)3/h5-7,10-11,13,20H,8-9H2,1-4H3. The van der Waals surface area contributed by atoms with Gasteiger partial charge in [0.1, 0.15) is 18.7 Å². The van der Waals surface area contributed by atoms with Crippen molar-refractivity contribution >= 4 is 0 Å². The predicted octanol–water partition coefficient (Wildman–Crippen LogP) is 2.87. The van der Waals surface area contributed by atoms with Crippen LogP contribution in [0.25, 0.3) is 0 Å². The van der Waals surface area contributed by atoms with Gasteiger partial charge in [-0.3, -0.25) is 0 Å². The fourth-order valence-corrected chi connectivity index (χ4v) is 2.13. The van der Waals surface area contributed by atoms with Gasteiger partial charge in [0.25, 0.3) is 0 Å². The average molecular weight is 289 g/mol. The maximum Gasteiger partial charge on any atom is 0.164 e. The number of benzene rings is 1. The van der Waals surface area contributed by atoms with Crippen LogP contribution in [0.15, 0.2) is 24.5 Å². The summed E-state index contributed by atoms with van der Waals surface area (Å²) in [5.74, 6) is 2.14. The van der Waals surface area contributed by atoms with Crippen LogP contribution in [0.3, 0.4) is 0 Å². The van der Waals surface area contributed by atoms with Crippen molar-refractivity contribution in [1.29, 1.82) is 0 Å². The molecule has 5 nitrogen and oxygen atoms in total. The Morgan fingerprint density at radius 2 is 2.05 bits per heavy atom. The zero-order valence-electron chi connectivity index (χ0n) is 13.1. The third kappa shape index (κ3) is 4.04. The molecule has 2 rings (SSSR count). The van der Waals surface area contributed by atoms with Crippen molar-refractivity contribution in [3.05, 3.63) is 41.5 Å². The zero-order chi connectivity index (χ0) is 15.4. The van der Waals surface area contributed by atoms with Gasteiger partial charge < -0.3 is 9.84 Å². The molecule has 0 saturated carbocycles.